The van der Waals surface area contributed by atoms with E-state index in [0.29, 0.717) is 18.7 Å². The van der Waals surface area contributed by atoms with E-state index in [1.807, 2.05) is 18.7 Å². The predicted octanol–water partition coefficient (Wildman–Crippen LogP) is 3.34. The van der Waals surface area contributed by atoms with Crippen LogP contribution in [0.25, 0.3) is 0 Å². The van der Waals surface area contributed by atoms with Crippen LogP contribution < -0.4 is 10.2 Å². The van der Waals surface area contributed by atoms with Crippen LogP contribution >= 0.6 is 11.8 Å². The second-order valence-corrected chi connectivity index (χ2v) is 6.68. The van der Waals surface area contributed by atoms with Crippen molar-refractivity contribution in [3.05, 3.63) is 47.7 Å². The first kappa shape index (κ1) is 16.1. The number of anilines is 2. The number of aromatic nitrogens is 2. The van der Waals surface area contributed by atoms with Crippen LogP contribution in [0, 0.1) is 5.82 Å². The maximum absolute atomic E-state index is 14.1. The number of benzene rings is 1. The van der Waals surface area contributed by atoms with Gasteiger partial charge in [0.15, 0.2) is 11.6 Å². The van der Waals surface area contributed by atoms with Gasteiger partial charge in [0.2, 0.25) is 0 Å². The van der Waals surface area contributed by atoms with Gasteiger partial charge in [-0.15, -0.1) is 0 Å². The zero-order valence-electron chi connectivity index (χ0n) is 13.3. The van der Waals surface area contributed by atoms with Gasteiger partial charge in [-0.05, 0) is 24.1 Å². The molecule has 1 N–H and O–H groups in total. The number of thioether (sulfide) groups is 1. The third kappa shape index (κ3) is 3.93. The van der Waals surface area contributed by atoms with Gasteiger partial charge in [-0.25, -0.2) is 14.4 Å². The third-order valence-electron chi connectivity index (χ3n) is 3.97. The molecule has 0 atom stereocenters. The molecule has 2 aromatic rings. The van der Waals surface area contributed by atoms with Crippen LogP contribution in [-0.4, -0.2) is 34.6 Å². The van der Waals surface area contributed by atoms with E-state index in [1.165, 1.54) is 23.5 Å². The number of rotatable bonds is 5. The van der Waals surface area contributed by atoms with E-state index < -0.39 is 0 Å². The maximum atomic E-state index is 14.1. The molecule has 0 spiro atoms. The van der Waals surface area contributed by atoms with Crippen LogP contribution in [0.1, 0.15) is 18.2 Å². The Morgan fingerprint density at radius 1 is 1.17 bits per heavy atom. The van der Waals surface area contributed by atoms with Gasteiger partial charge in [0.25, 0.3) is 0 Å². The molecule has 0 amide bonds. The van der Waals surface area contributed by atoms with E-state index in [0.717, 1.165) is 18.7 Å². The molecule has 1 saturated heterocycles. The lowest BCUT2D eigenvalue weighted by atomic mass is 10.2. The number of halogens is 1. The summed E-state index contributed by atoms with van der Waals surface area (Å²) in [5.74, 6) is 2.30. The number of hydrogen-bond donors (Lipinski definition) is 1. The van der Waals surface area contributed by atoms with Gasteiger partial charge >= 0.3 is 0 Å². The first-order valence-electron chi connectivity index (χ1n) is 7.93. The van der Waals surface area contributed by atoms with Gasteiger partial charge in [0.05, 0.1) is 5.69 Å². The molecule has 122 valence electrons. The van der Waals surface area contributed by atoms with E-state index in [1.54, 1.807) is 0 Å². The Morgan fingerprint density at radius 2 is 1.91 bits per heavy atom. The van der Waals surface area contributed by atoms with E-state index in [4.69, 9.17) is 0 Å². The van der Waals surface area contributed by atoms with Gasteiger partial charge in [-0.2, -0.15) is 11.8 Å². The zero-order valence-corrected chi connectivity index (χ0v) is 14.1. The zero-order chi connectivity index (χ0) is 16.1. The standard InChI is InChI=1S/C17H21FN4S/c1-2-15-16(18)17(21-12-20-15)19-11-13-3-5-14(6-4-13)22-7-9-23-10-8-22/h3-6,12H,2,7-11H2,1H3,(H,19,20,21). The minimum atomic E-state index is -0.350. The lowest BCUT2D eigenvalue weighted by Gasteiger charge is -2.28. The SMILES string of the molecule is CCc1ncnc(NCc2ccc(N3CCSCC3)cc2)c1F. The average molecular weight is 332 g/mol. The molecule has 0 bridgehead atoms. The summed E-state index contributed by atoms with van der Waals surface area (Å²) in [5, 5.41) is 3.06. The highest BCUT2D eigenvalue weighted by atomic mass is 32.2. The number of aryl methyl sites for hydroxylation is 1. The minimum Gasteiger partial charge on any atom is -0.370 e. The number of nitrogens with zero attached hydrogens (tertiary/aromatic N) is 3. The maximum Gasteiger partial charge on any atom is 0.186 e. The molecule has 23 heavy (non-hydrogen) atoms. The van der Waals surface area contributed by atoms with Crippen molar-refractivity contribution >= 4 is 23.3 Å². The molecule has 4 nitrogen and oxygen atoms in total. The van der Waals surface area contributed by atoms with Crippen LogP contribution in [0.2, 0.25) is 0 Å². The summed E-state index contributed by atoms with van der Waals surface area (Å²) in [6.45, 7) is 4.64. The van der Waals surface area contributed by atoms with Gasteiger partial charge in [-0.1, -0.05) is 19.1 Å². The Balaban J connectivity index is 1.62. The number of hydrogen-bond acceptors (Lipinski definition) is 5. The second-order valence-electron chi connectivity index (χ2n) is 5.46. The fourth-order valence-corrected chi connectivity index (χ4v) is 3.51. The summed E-state index contributed by atoms with van der Waals surface area (Å²) in [4.78, 5) is 10.3. The molecule has 1 fully saturated rings. The van der Waals surface area contributed by atoms with Crippen LogP contribution in [0.4, 0.5) is 15.9 Å². The monoisotopic (exact) mass is 332 g/mol. The van der Waals surface area contributed by atoms with Gasteiger partial charge in [0.1, 0.15) is 6.33 Å². The summed E-state index contributed by atoms with van der Waals surface area (Å²) < 4.78 is 14.1. The first-order chi connectivity index (χ1) is 11.3. The molecule has 0 saturated carbocycles. The molecular weight excluding hydrogens is 311 g/mol. The Hall–Kier alpha value is -1.82. The molecule has 6 heteroatoms. The van der Waals surface area contributed by atoms with Gasteiger partial charge in [-0.3, -0.25) is 0 Å². The minimum absolute atomic E-state index is 0.272. The van der Waals surface area contributed by atoms with Crippen molar-refractivity contribution < 1.29 is 4.39 Å². The molecule has 0 radical (unpaired) electrons. The summed E-state index contributed by atoms with van der Waals surface area (Å²) in [6.07, 6.45) is 1.97. The fourth-order valence-electron chi connectivity index (χ4n) is 2.61. The molecule has 1 aliphatic heterocycles. The smallest absolute Gasteiger partial charge is 0.186 e. The normalized spacial score (nSPS) is 14.8. The van der Waals surface area contributed by atoms with Crippen molar-refractivity contribution in [2.24, 2.45) is 0 Å². The fraction of sp³-hybridized carbons (Fsp3) is 0.412. The molecular formula is C17H21FN4S. The number of nitrogens with one attached hydrogen (secondary N) is 1. The quantitative estimate of drug-likeness (QED) is 0.909. The highest BCUT2D eigenvalue weighted by Crippen LogP contribution is 2.20. The van der Waals surface area contributed by atoms with Crippen LogP contribution in [-0.2, 0) is 13.0 Å². The van der Waals surface area contributed by atoms with E-state index in [2.05, 4.69) is 44.5 Å². The molecule has 2 heterocycles. The van der Waals surface area contributed by atoms with Gasteiger partial charge in [0, 0.05) is 36.8 Å². The van der Waals surface area contributed by atoms with E-state index in [-0.39, 0.29) is 11.6 Å². The molecule has 3 rings (SSSR count). The Bertz CT molecular complexity index is 642. The van der Waals surface area contributed by atoms with Crippen molar-refractivity contribution in [3.63, 3.8) is 0 Å². The lowest BCUT2D eigenvalue weighted by Crippen LogP contribution is -2.32. The van der Waals surface area contributed by atoms with E-state index in [9.17, 15) is 4.39 Å². The molecule has 1 aliphatic rings. The van der Waals surface area contributed by atoms with Crippen molar-refractivity contribution in [1.29, 1.82) is 0 Å². The molecule has 1 aromatic heterocycles. The van der Waals surface area contributed by atoms with Gasteiger partial charge < -0.3 is 10.2 Å². The Kier molecular flexibility index (Phi) is 5.33. The first-order valence-corrected chi connectivity index (χ1v) is 9.08. The highest BCUT2D eigenvalue weighted by molar-refractivity contribution is 7.99. The summed E-state index contributed by atoms with van der Waals surface area (Å²) >= 11 is 2.01. The predicted molar refractivity (Wildman–Crippen MR) is 94.7 cm³/mol. The average Bonchev–Trinajstić information content (AvgIpc) is 2.62. The summed E-state index contributed by atoms with van der Waals surface area (Å²) in [5.41, 5.74) is 2.81. The van der Waals surface area contributed by atoms with Crippen molar-refractivity contribution in [1.82, 2.24) is 9.97 Å². The van der Waals surface area contributed by atoms with Crippen molar-refractivity contribution in [3.8, 4) is 0 Å². The molecule has 1 aromatic carbocycles. The highest BCUT2D eigenvalue weighted by Gasteiger charge is 2.11. The summed E-state index contributed by atoms with van der Waals surface area (Å²) in [6, 6.07) is 8.45. The lowest BCUT2D eigenvalue weighted by molar-refractivity contribution is 0.596. The molecule has 0 unspecified atom stereocenters. The third-order valence-corrected chi connectivity index (χ3v) is 4.91. The van der Waals surface area contributed by atoms with Crippen molar-refractivity contribution in [2.45, 2.75) is 19.9 Å². The molecule has 0 aliphatic carbocycles. The van der Waals surface area contributed by atoms with Crippen LogP contribution in [0.3, 0.4) is 0 Å². The van der Waals surface area contributed by atoms with E-state index >= 15 is 0 Å². The topological polar surface area (TPSA) is 41.1 Å². The second kappa shape index (κ2) is 7.64. The Labute approximate surface area is 140 Å². The largest absolute Gasteiger partial charge is 0.370 e. The van der Waals surface area contributed by atoms with Crippen molar-refractivity contribution in [2.75, 3.05) is 34.8 Å². The van der Waals surface area contributed by atoms with Crippen LogP contribution in [0.5, 0.6) is 0 Å². The summed E-state index contributed by atoms with van der Waals surface area (Å²) in [7, 11) is 0. The Morgan fingerprint density at radius 3 is 2.61 bits per heavy atom. The van der Waals surface area contributed by atoms with Crippen LogP contribution in [0.15, 0.2) is 30.6 Å².